The summed E-state index contributed by atoms with van der Waals surface area (Å²) in [6.45, 7) is 0. The number of hydrogen-bond acceptors (Lipinski definition) is 5. The predicted molar refractivity (Wildman–Crippen MR) is 80.3 cm³/mol. The minimum atomic E-state index is -2.72. The van der Waals surface area contributed by atoms with E-state index < -0.39 is 22.5 Å². The van der Waals surface area contributed by atoms with E-state index in [9.17, 15) is 13.2 Å². The zero-order valence-electron chi connectivity index (χ0n) is 10.6. The molecule has 21 heavy (non-hydrogen) atoms. The highest BCUT2D eigenvalue weighted by molar-refractivity contribution is 9.10. The summed E-state index contributed by atoms with van der Waals surface area (Å²) in [5, 5.41) is 0. The van der Waals surface area contributed by atoms with Crippen molar-refractivity contribution in [2.75, 3.05) is 0 Å². The Labute approximate surface area is 131 Å². The lowest BCUT2D eigenvalue weighted by Crippen LogP contribution is -2.17. The number of benzene rings is 2. The van der Waals surface area contributed by atoms with Crippen LogP contribution in [0, 0.1) is 0 Å². The van der Waals surface area contributed by atoms with E-state index in [0.717, 1.165) is 0 Å². The summed E-state index contributed by atoms with van der Waals surface area (Å²) in [6.07, 6.45) is 0. The van der Waals surface area contributed by atoms with Crippen LogP contribution in [0.2, 0.25) is 0 Å². The van der Waals surface area contributed by atoms with Crippen LogP contribution in [0.15, 0.2) is 63.4 Å². The molecule has 0 saturated heterocycles. The summed E-state index contributed by atoms with van der Waals surface area (Å²) in [5.41, 5.74) is 0.443. The van der Waals surface area contributed by atoms with Gasteiger partial charge in [-0.25, -0.2) is 4.79 Å². The van der Waals surface area contributed by atoms with Crippen LogP contribution >= 0.6 is 15.9 Å². The van der Waals surface area contributed by atoms with Crippen molar-refractivity contribution in [3.63, 3.8) is 0 Å². The van der Waals surface area contributed by atoms with E-state index in [1.807, 2.05) is 0 Å². The van der Waals surface area contributed by atoms with Gasteiger partial charge in [-0.1, -0.05) is 42.5 Å². The molecule has 0 aliphatic carbocycles. The van der Waals surface area contributed by atoms with Gasteiger partial charge in [0.25, 0.3) is 0 Å². The molecule has 5 nitrogen and oxygen atoms in total. The molecular formula is C14H10BrNO4S. The number of rotatable bonds is 4. The van der Waals surface area contributed by atoms with Crippen LogP contribution in [-0.4, -0.2) is 14.4 Å². The highest BCUT2D eigenvalue weighted by Crippen LogP contribution is 2.27. The minimum absolute atomic E-state index is 0.301. The topological polar surface area (TPSA) is 72.8 Å². The Morgan fingerprint density at radius 1 is 1.05 bits per heavy atom. The van der Waals surface area contributed by atoms with Crippen molar-refractivity contribution in [1.29, 1.82) is 0 Å². The molecule has 0 radical (unpaired) electrons. The quantitative estimate of drug-likeness (QED) is 0.614. The van der Waals surface area contributed by atoms with Crippen molar-refractivity contribution in [3.05, 3.63) is 64.6 Å². The second kappa shape index (κ2) is 7.14. The van der Waals surface area contributed by atoms with Crippen molar-refractivity contribution < 1.29 is 17.9 Å². The third-order valence-corrected chi connectivity index (χ3v) is 3.62. The Morgan fingerprint density at radius 2 is 1.67 bits per heavy atom. The van der Waals surface area contributed by atoms with Crippen molar-refractivity contribution in [2.24, 2.45) is 4.36 Å². The molecule has 1 unspecified atom stereocenters. The number of para-hydroxylation sites is 1. The molecule has 0 heterocycles. The fraction of sp³-hybridized carbons (Fsp3) is 0.0714. The summed E-state index contributed by atoms with van der Waals surface area (Å²) in [7, 11) is -2.72. The summed E-state index contributed by atoms with van der Waals surface area (Å²) in [5.74, 6) is -0.465. The summed E-state index contributed by atoms with van der Waals surface area (Å²) < 4.78 is 30.8. The zero-order chi connectivity index (χ0) is 15.2. The molecule has 0 aliphatic heterocycles. The number of carbonyl (C=O) groups is 1. The average Bonchev–Trinajstić information content (AvgIpc) is 2.48. The van der Waals surface area contributed by atoms with Gasteiger partial charge in [-0.15, -0.1) is 0 Å². The molecule has 2 aromatic carbocycles. The van der Waals surface area contributed by atoms with E-state index in [0.29, 0.717) is 15.8 Å². The van der Waals surface area contributed by atoms with Gasteiger partial charge in [0.2, 0.25) is 0 Å². The lowest BCUT2D eigenvalue weighted by Gasteiger charge is -2.11. The van der Waals surface area contributed by atoms with Crippen LogP contribution in [0.5, 0.6) is 5.75 Å². The summed E-state index contributed by atoms with van der Waals surface area (Å²) in [4.78, 5) is 12.2. The van der Waals surface area contributed by atoms with Gasteiger partial charge in [0.1, 0.15) is 5.75 Å². The first-order chi connectivity index (χ1) is 10.1. The molecule has 7 heteroatoms. The van der Waals surface area contributed by atoms with Gasteiger partial charge in [0.05, 0.1) is 4.47 Å². The highest BCUT2D eigenvalue weighted by Gasteiger charge is 2.23. The first kappa shape index (κ1) is 15.4. The van der Waals surface area contributed by atoms with Gasteiger partial charge >= 0.3 is 16.5 Å². The lowest BCUT2D eigenvalue weighted by atomic mass is 10.1. The van der Waals surface area contributed by atoms with Crippen LogP contribution < -0.4 is 4.74 Å². The molecule has 0 saturated carbocycles. The van der Waals surface area contributed by atoms with E-state index in [4.69, 9.17) is 4.74 Å². The van der Waals surface area contributed by atoms with Crippen LogP contribution in [0.25, 0.3) is 0 Å². The molecule has 2 rings (SSSR count). The standard InChI is InChI=1S/C14H10BrNO4S/c15-11-8-4-5-9-12(11)20-14(17)13(16-21(18)19)10-6-2-1-3-7-10/h1-9,13H. The largest absolute Gasteiger partial charge is 0.423 e. The molecule has 2 aromatic rings. The van der Waals surface area contributed by atoms with Crippen LogP contribution in [0.1, 0.15) is 11.6 Å². The van der Waals surface area contributed by atoms with E-state index in [1.165, 1.54) is 0 Å². The maximum absolute atomic E-state index is 12.2. The van der Waals surface area contributed by atoms with E-state index in [1.54, 1.807) is 54.6 Å². The molecule has 0 fully saturated rings. The second-order valence-corrected chi connectivity index (χ2v) is 5.49. The predicted octanol–water partition coefficient (Wildman–Crippen LogP) is 3.16. The minimum Gasteiger partial charge on any atom is -0.423 e. The van der Waals surface area contributed by atoms with Crippen LogP contribution in [0.3, 0.4) is 0 Å². The number of halogens is 1. The Bertz CT molecular complexity index is 767. The van der Waals surface area contributed by atoms with Crippen molar-refractivity contribution in [1.82, 2.24) is 0 Å². The Balaban J connectivity index is 2.32. The third kappa shape index (κ3) is 4.24. The van der Waals surface area contributed by atoms with E-state index in [-0.39, 0.29) is 0 Å². The Hall–Kier alpha value is -1.99. The number of hydrogen-bond donors (Lipinski definition) is 0. The molecule has 1 atom stereocenters. The molecule has 0 aliphatic rings. The molecule has 0 N–H and O–H groups in total. The van der Waals surface area contributed by atoms with E-state index in [2.05, 4.69) is 20.3 Å². The summed E-state index contributed by atoms with van der Waals surface area (Å²) in [6, 6.07) is 13.9. The lowest BCUT2D eigenvalue weighted by molar-refractivity contribution is -0.135. The SMILES string of the molecule is O=C(Oc1ccccc1Br)C(N=S(=O)=O)c1ccccc1. The number of ether oxygens (including phenoxy) is 1. The first-order valence-electron chi connectivity index (χ1n) is 5.89. The number of carbonyl (C=O) groups excluding carboxylic acids is 1. The molecule has 0 bridgehead atoms. The second-order valence-electron chi connectivity index (χ2n) is 3.99. The van der Waals surface area contributed by atoms with Crippen molar-refractivity contribution >= 4 is 32.4 Å². The highest BCUT2D eigenvalue weighted by atomic mass is 79.9. The van der Waals surface area contributed by atoms with Gasteiger partial charge in [0.15, 0.2) is 6.04 Å². The smallest absolute Gasteiger partial charge is 0.342 e. The number of esters is 1. The average molecular weight is 368 g/mol. The third-order valence-electron chi connectivity index (χ3n) is 2.58. The Kier molecular flexibility index (Phi) is 5.24. The van der Waals surface area contributed by atoms with Crippen LogP contribution in [0.4, 0.5) is 0 Å². The first-order valence-corrected chi connectivity index (χ1v) is 7.72. The molecular weight excluding hydrogens is 358 g/mol. The number of nitrogens with zero attached hydrogens (tertiary/aromatic N) is 1. The van der Waals surface area contributed by atoms with Gasteiger partial charge in [-0.2, -0.15) is 12.8 Å². The van der Waals surface area contributed by atoms with Gasteiger partial charge in [-0.05, 0) is 33.6 Å². The zero-order valence-corrected chi connectivity index (χ0v) is 13.0. The fourth-order valence-corrected chi connectivity index (χ4v) is 2.40. The monoisotopic (exact) mass is 367 g/mol. The van der Waals surface area contributed by atoms with Crippen molar-refractivity contribution in [2.45, 2.75) is 6.04 Å². The summed E-state index contributed by atoms with van der Waals surface area (Å²) >= 11 is 3.25. The van der Waals surface area contributed by atoms with Crippen LogP contribution in [-0.2, 0) is 15.3 Å². The normalized spacial score (nSPS) is 11.5. The van der Waals surface area contributed by atoms with Gasteiger partial charge in [0, 0.05) is 0 Å². The molecule has 0 spiro atoms. The maximum Gasteiger partial charge on any atom is 0.342 e. The molecule has 108 valence electrons. The molecule has 0 aromatic heterocycles. The Morgan fingerprint density at radius 3 is 2.29 bits per heavy atom. The fourth-order valence-electron chi connectivity index (χ4n) is 1.65. The van der Waals surface area contributed by atoms with Gasteiger partial charge < -0.3 is 4.74 Å². The van der Waals surface area contributed by atoms with E-state index >= 15 is 0 Å². The van der Waals surface area contributed by atoms with Crippen molar-refractivity contribution in [3.8, 4) is 5.75 Å². The maximum atomic E-state index is 12.2. The molecule has 0 amide bonds. The van der Waals surface area contributed by atoms with Gasteiger partial charge in [-0.3, -0.25) is 0 Å².